The Morgan fingerprint density at radius 1 is 1.17 bits per heavy atom. The zero-order chi connectivity index (χ0) is 21.8. The quantitative estimate of drug-likeness (QED) is 0.543. The molecule has 1 aromatic carbocycles. The van der Waals surface area contributed by atoms with Crippen LogP contribution >= 0.6 is 0 Å². The van der Waals surface area contributed by atoms with E-state index in [1.807, 2.05) is 9.80 Å². The molecule has 2 amide bonds. The highest BCUT2D eigenvalue weighted by molar-refractivity contribution is 5.96. The lowest BCUT2D eigenvalue weighted by Gasteiger charge is -2.40. The van der Waals surface area contributed by atoms with Crippen molar-refractivity contribution in [3.8, 4) is 0 Å². The second-order valence-electron chi connectivity index (χ2n) is 8.43. The molecule has 2 fully saturated rings. The number of rotatable bonds is 5. The van der Waals surface area contributed by atoms with Gasteiger partial charge in [0.25, 0.3) is 11.6 Å². The standard InChI is InChI=1S/C22H32N4O4/c1-4-6-19-16(2)7-5-10-25(19)22(28)18-8-9-20(21(15-18)26(29)30)24-13-11-23(12-14-24)17(3)27/h8-9,15-16,19H,4-7,10-14H2,1-3H3/t16-,19+/m1/s1. The fourth-order valence-electron chi connectivity index (χ4n) is 4.74. The Morgan fingerprint density at radius 3 is 2.47 bits per heavy atom. The number of piperidine rings is 1. The first-order valence-corrected chi connectivity index (χ1v) is 10.9. The Balaban J connectivity index is 1.83. The summed E-state index contributed by atoms with van der Waals surface area (Å²) in [5.74, 6) is 0.341. The fourth-order valence-corrected chi connectivity index (χ4v) is 4.74. The van der Waals surface area contributed by atoms with Gasteiger partial charge in [-0.05, 0) is 37.3 Å². The minimum absolute atomic E-state index is 0.0162. The lowest BCUT2D eigenvalue weighted by Crippen LogP contribution is -2.48. The molecular formula is C22H32N4O4. The molecule has 0 unspecified atom stereocenters. The predicted molar refractivity (Wildman–Crippen MR) is 116 cm³/mol. The van der Waals surface area contributed by atoms with Gasteiger partial charge in [-0.1, -0.05) is 20.3 Å². The van der Waals surface area contributed by atoms with Gasteiger partial charge in [-0.2, -0.15) is 0 Å². The molecule has 8 heteroatoms. The van der Waals surface area contributed by atoms with Crippen LogP contribution in [0.1, 0.15) is 56.8 Å². The van der Waals surface area contributed by atoms with Gasteiger partial charge in [0, 0.05) is 57.3 Å². The summed E-state index contributed by atoms with van der Waals surface area (Å²) in [5.41, 5.74) is 0.842. The highest BCUT2D eigenvalue weighted by atomic mass is 16.6. The molecule has 0 bridgehead atoms. The van der Waals surface area contributed by atoms with Gasteiger partial charge < -0.3 is 14.7 Å². The largest absolute Gasteiger partial charge is 0.362 e. The average Bonchev–Trinajstić information content (AvgIpc) is 2.74. The fraction of sp³-hybridized carbons (Fsp3) is 0.636. The van der Waals surface area contributed by atoms with Crippen molar-refractivity contribution >= 4 is 23.2 Å². The molecule has 0 radical (unpaired) electrons. The molecule has 2 aliphatic rings. The maximum Gasteiger partial charge on any atom is 0.293 e. The molecular weight excluding hydrogens is 384 g/mol. The molecule has 3 rings (SSSR count). The average molecular weight is 417 g/mol. The predicted octanol–water partition coefficient (Wildman–Crippen LogP) is 3.30. The van der Waals surface area contributed by atoms with Crippen molar-refractivity contribution in [3.63, 3.8) is 0 Å². The summed E-state index contributed by atoms with van der Waals surface area (Å²) >= 11 is 0. The lowest BCUT2D eigenvalue weighted by atomic mass is 9.87. The van der Waals surface area contributed by atoms with Crippen LogP contribution in [-0.2, 0) is 4.79 Å². The normalized spacial score (nSPS) is 22.2. The van der Waals surface area contributed by atoms with Crippen LogP contribution in [-0.4, -0.2) is 65.3 Å². The third kappa shape index (κ3) is 4.57. The van der Waals surface area contributed by atoms with Gasteiger partial charge in [0.15, 0.2) is 0 Å². The second kappa shape index (κ2) is 9.45. The lowest BCUT2D eigenvalue weighted by molar-refractivity contribution is -0.384. The summed E-state index contributed by atoms with van der Waals surface area (Å²) in [6.07, 6.45) is 4.03. The first kappa shape index (κ1) is 22.1. The van der Waals surface area contributed by atoms with Crippen LogP contribution < -0.4 is 4.90 Å². The van der Waals surface area contributed by atoms with E-state index in [2.05, 4.69) is 13.8 Å². The summed E-state index contributed by atoms with van der Waals surface area (Å²) in [4.78, 5) is 41.8. The summed E-state index contributed by atoms with van der Waals surface area (Å²) in [7, 11) is 0. The van der Waals surface area contributed by atoms with Crippen LogP contribution in [0.2, 0.25) is 0 Å². The minimum Gasteiger partial charge on any atom is -0.362 e. The van der Waals surface area contributed by atoms with E-state index >= 15 is 0 Å². The monoisotopic (exact) mass is 416 g/mol. The van der Waals surface area contributed by atoms with Gasteiger partial charge in [-0.3, -0.25) is 19.7 Å². The zero-order valence-corrected chi connectivity index (χ0v) is 18.2. The number of hydrogen-bond donors (Lipinski definition) is 0. The molecule has 0 saturated carbocycles. The molecule has 30 heavy (non-hydrogen) atoms. The molecule has 0 aliphatic carbocycles. The Labute approximate surface area is 178 Å². The van der Waals surface area contributed by atoms with Crippen molar-refractivity contribution in [2.45, 2.75) is 52.5 Å². The molecule has 0 N–H and O–H groups in total. The van der Waals surface area contributed by atoms with Crippen molar-refractivity contribution in [1.29, 1.82) is 0 Å². The molecule has 2 atom stereocenters. The first-order chi connectivity index (χ1) is 14.3. The zero-order valence-electron chi connectivity index (χ0n) is 18.2. The number of hydrogen-bond acceptors (Lipinski definition) is 5. The summed E-state index contributed by atoms with van der Waals surface area (Å²) in [6.45, 7) is 8.70. The van der Waals surface area contributed by atoms with Gasteiger partial charge >= 0.3 is 0 Å². The van der Waals surface area contributed by atoms with Gasteiger partial charge in [0.05, 0.1) is 4.92 Å². The summed E-state index contributed by atoms with van der Waals surface area (Å²) < 4.78 is 0. The van der Waals surface area contributed by atoms with Crippen molar-refractivity contribution in [2.75, 3.05) is 37.6 Å². The molecule has 0 spiro atoms. The van der Waals surface area contributed by atoms with Gasteiger partial charge in [-0.25, -0.2) is 0 Å². The molecule has 2 heterocycles. The van der Waals surface area contributed by atoms with Crippen LogP contribution in [0.3, 0.4) is 0 Å². The summed E-state index contributed by atoms with van der Waals surface area (Å²) in [6, 6.07) is 5.02. The molecule has 164 valence electrons. The maximum atomic E-state index is 13.3. The second-order valence-corrected chi connectivity index (χ2v) is 8.43. The number of amides is 2. The number of carbonyl (C=O) groups excluding carboxylic acids is 2. The van der Waals surface area contributed by atoms with E-state index < -0.39 is 4.92 Å². The Hall–Kier alpha value is -2.64. The van der Waals surface area contributed by atoms with E-state index in [4.69, 9.17) is 0 Å². The SMILES string of the molecule is CCC[C@H]1[C@H](C)CCCN1C(=O)c1ccc(N2CCN(C(C)=O)CC2)c([N+](=O)[O-])c1. The van der Waals surface area contributed by atoms with Crippen LogP contribution in [0.4, 0.5) is 11.4 Å². The van der Waals surface area contributed by atoms with E-state index in [1.165, 1.54) is 13.0 Å². The number of anilines is 1. The number of nitrogens with zero attached hydrogens (tertiary/aromatic N) is 4. The smallest absolute Gasteiger partial charge is 0.293 e. The van der Waals surface area contributed by atoms with Crippen molar-refractivity contribution < 1.29 is 14.5 Å². The third-order valence-corrected chi connectivity index (χ3v) is 6.45. The van der Waals surface area contributed by atoms with Crippen molar-refractivity contribution in [2.24, 2.45) is 5.92 Å². The number of nitro benzene ring substituents is 1. The van der Waals surface area contributed by atoms with Crippen molar-refractivity contribution in [3.05, 3.63) is 33.9 Å². The van der Waals surface area contributed by atoms with Crippen molar-refractivity contribution in [1.82, 2.24) is 9.80 Å². The topological polar surface area (TPSA) is 87.0 Å². The van der Waals surface area contributed by atoms with E-state index in [-0.39, 0.29) is 23.5 Å². The Morgan fingerprint density at radius 2 is 1.87 bits per heavy atom. The molecule has 2 aliphatic heterocycles. The molecule has 2 saturated heterocycles. The highest BCUT2D eigenvalue weighted by Gasteiger charge is 2.33. The molecule has 8 nitrogen and oxygen atoms in total. The Bertz CT molecular complexity index is 804. The number of carbonyl (C=O) groups is 2. The number of nitro groups is 1. The maximum absolute atomic E-state index is 13.3. The minimum atomic E-state index is -0.411. The van der Waals surface area contributed by atoms with Gasteiger partial charge in [0.2, 0.25) is 5.91 Å². The highest BCUT2D eigenvalue weighted by Crippen LogP contribution is 2.33. The molecule has 0 aromatic heterocycles. The van der Waals surface area contributed by atoms with E-state index in [0.29, 0.717) is 49.9 Å². The number of benzene rings is 1. The van der Waals surface area contributed by atoms with E-state index in [9.17, 15) is 19.7 Å². The van der Waals surface area contributed by atoms with Crippen LogP contribution in [0.5, 0.6) is 0 Å². The summed E-state index contributed by atoms with van der Waals surface area (Å²) in [5, 5.41) is 11.8. The molecule has 1 aromatic rings. The van der Waals surface area contributed by atoms with Crippen LogP contribution in [0.25, 0.3) is 0 Å². The van der Waals surface area contributed by atoms with Gasteiger partial charge in [-0.15, -0.1) is 0 Å². The number of piperazine rings is 1. The third-order valence-electron chi connectivity index (χ3n) is 6.45. The van der Waals surface area contributed by atoms with E-state index in [0.717, 1.165) is 25.7 Å². The van der Waals surface area contributed by atoms with E-state index in [1.54, 1.807) is 17.0 Å². The van der Waals surface area contributed by atoms with Crippen LogP contribution in [0.15, 0.2) is 18.2 Å². The first-order valence-electron chi connectivity index (χ1n) is 10.9. The van der Waals surface area contributed by atoms with Gasteiger partial charge in [0.1, 0.15) is 5.69 Å². The number of likely N-dealkylation sites (tertiary alicyclic amines) is 1. The Kier molecular flexibility index (Phi) is 6.95. The van der Waals surface area contributed by atoms with Crippen LogP contribution in [0, 0.1) is 16.0 Å².